The third kappa shape index (κ3) is 8.70. The Labute approximate surface area is 231 Å². The van der Waals surface area contributed by atoms with Gasteiger partial charge in [0.25, 0.3) is 17.7 Å². The molecule has 202 valence electrons. The number of methoxy groups -OCH3 is 1. The number of nitrogens with zero attached hydrogens (tertiary/aromatic N) is 2. The number of nitrogens with one attached hydrogen (secondary N) is 3. The molecule has 0 bridgehead atoms. The molecule has 14 heteroatoms. The first-order valence-electron chi connectivity index (χ1n) is 11.2. The van der Waals surface area contributed by atoms with Crippen LogP contribution < -0.4 is 26.6 Å². The van der Waals surface area contributed by atoms with Crippen LogP contribution in [0.2, 0.25) is 0 Å². The molecule has 0 saturated heterocycles. The Morgan fingerprint density at radius 1 is 0.795 bits per heavy atom. The number of nitrogens with two attached hydrogens (primary N) is 1. The number of ether oxygens (including phenoxy) is 1. The number of hydrazine groups is 1. The Balaban J connectivity index is 0.000000216. The second-order valence-corrected chi connectivity index (χ2v) is 9.75. The Morgan fingerprint density at radius 2 is 1.26 bits per heavy atom. The summed E-state index contributed by atoms with van der Waals surface area (Å²) >= 11 is 2.16. The Morgan fingerprint density at radius 3 is 1.77 bits per heavy atom. The summed E-state index contributed by atoms with van der Waals surface area (Å²) in [7, 11) is 1.29. The Kier molecular flexibility index (Phi) is 10.6. The van der Waals surface area contributed by atoms with E-state index in [9.17, 15) is 24.4 Å². The molecule has 4 aromatic heterocycles. The average molecular weight is 569 g/mol. The number of amides is 3. The van der Waals surface area contributed by atoms with Crippen LogP contribution in [-0.4, -0.2) is 35.8 Å². The zero-order valence-electron chi connectivity index (χ0n) is 20.6. The van der Waals surface area contributed by atoms with E-state index >= 15 is 0 Å². The van der Waals surface area contributed by atoms with E-state index in [2.05, 4.69) is 20.4 Å². The number of thiophene rings is 2. The van der Waals surface area contributed by atoms with Crippen LogP contribution in [0.15, 0.2) is 73.3 Å². The van der Waals surface area contributed by atoms with Crippen molar-refractivity contribution in [3.05, 3.63) is 109 Å². The van der Waals surface area contributed by atoms with Crippen LogP contribution in [-0.2, 0) is 17.8 Å². The average Bonchev–Trinajstić information content (AvgIpc) is 3.67. The number of carbonyl (C=O) groups excluding carboxylic acids is 4. The number of esters is 1. The van der Waals surface area contributed by atoms with Crippen molar-refractivity contribution in [1.82, 2.24) is 21.0 Å². The Hall–Kier alpha value is -4.66. The molecule has 0 saturated carbocycles. The van der Waals surface area contributed by atoms with Gasteiger partial charge in [-0.25, -0.2) is 10.6 Å². The van der Waals surface area contributed by atoms with Crippen molar-refractivity contribution in [2.24, 2.45) is 5.84 Å². The molecule has 4 aromatic rings. The van der Waals surface area contributed by atoms with Crippen LogP contribution in [0.1, 0.15) is 49.8 Å². The van der Waals surface area contributed by atoms with Crippen molar-refractivity contribution < 1.29 is 28.6 Å². The van der Waals surface area contributed by atoms with E-state index in [-0.39, 0.29) is 11.8 Å². The summed E-state index contributed by atoms with van der Waals surface area (Å²) in [5.41, 5.74) is 3.80. The monoisotopic (exact) mass is 568 g/mol. The predicted molar refractivity (Wildman–Crippen MR) is 144 cm³/mol. The highest BCUT2D eigenvalue weighted by Gasteiger charge is 2.14. The summed E-state index contributed by atoms with van der Waals surface area (Å²) in [6, 6.07) is 13.2. The van der Waals surface area contributed by atoms with Crippen LogP contribution in [0.5, 0.6) is 0 Å². The SMILES string of the molecule is COC(=O)c1ccc(C(=O)NCc2cc[n+]([O-])cc2)s1.NNC(=O)c1ccc(C(=O)NCc2ccncc2)s1. The quantitative estimate of drug-likeness (QED) is 0.0620. The molecular weight excluding hydrogens is 544 g/mol. The lowest BCUT2D eigenvalue weighted by Gasteiger charge is -2.03. The van der Waals surface area contributed by atoms with E-state index < -0.39 is 11.9 Å². The van der Waals surface area contributed by atoms with E-state index in [1.807, 2.05) is 17.6 Å². The van der Waals surface area contributed by atoms with Crippen LogP contribution in [0.25, 0.3) is 0 Å². The maximum absolute atomic E-state index is 11.9. The minimum atomic E-state index is -0.461. The summed E-state index contributed by atoms with van der Waals surface area (Å²) < 4.78 is 5.25. The van der Waals surface area contributed by atoms with E-state index in [0.29, 0.717) is 37.3 Å². The first-order valence-corrected chi connectivity index (χ1v) is 12.9. The van der Waals surface area contributed by atoms with Gasteiger partial charge < -0.3 is 20.6 Å². The number of carbonyl (C=O) groups is 4. The van der Waals surface area contributed by atoms with Crippen molar-refractivity contribution >= 4 is 46.4 Å². The van der Waals surface area contributed by atoms with E-state index in [1.165, 1.54) is 19.5 Å². The molecule has 3 amide bonds. The van der Waals surface area contributed by atoms with Crippen molar-refractivity contribution in [1.29, 1.82) is 0 Å². The van der Waals surface area contributed by atoms with Gasteiger partial charge in [-0.3, -0.25) is 24.8 Å². The molecule has 0 aromatic carbocycles. The maximum Gasteiger partial charge on any atom is 0.348 e. The Bertz CT molecular complexity index is 1420. The van der Waals surface area contributed by atoms with E-state index in [4.69, 9.17) is 5.84 Å². The van der Waals surface area contributed by atoms with Crippen LogP contribution in [0.4, 0.5) is 0 Å². The third-order valence-electron chi connectivity index (χ3n) is 4.93. The van der Waals surface area contributed by atoms with Gasteiger partial charge in [0.1, 0.15) is 4.88 Å². The van der Waals surface area contributed by atoms with Gasteiger partial charge in [-0.1, -0.05) is 0 Å². The summed E-state index contributed by atoms with van der Waals surface area (Å²) in [5.74, 6) is 3.66. The zero-order chi connectivity index (χ0) is 28.2. The summed E-state index contributed by atoms with van der Waals surface area (Å²) in [5, 5.41) is 16.3. The molecule has 4 heterocycles. The molecule has 5 N–H and O–H groups in total. The first-order chi connectivity index (χ1) is 18.8. The van der Waals surface area contributed by atoms with Gasteiger partial charge in [-0.15, -0.1) is 22.7 Å². The highest BCUT2D eigenvalue weighted by molar-refractivity contribution is 7.16. The third-order valence-corrected chi connectivity index (χ3v) is 7.07. The van der Waals surface area contributed by atoms with Crippen molar-refractivity contribution in [2.45, 2.75) is 13.1 Å². The fourth-order valence-electron chi connectivity index (χ4n) is 2.92. The molecule has 0 spiro atoms. The number of hydrogen-bond donors (Lipinski definition) is 4. The molecule has 0 aliphatic carbocycles. The standard InChI is InChI=1S/C13H12N2O4S.C12H12N4O2S/c1-19-13(17)11-3-2-10(20-11)12(16)14-8-9-4-6-15(18)7-5-9;13-16-12(18)10-2-1-9(19-10)11(17)15-7-8-3-5-14-6-4-8/h2-7H,8H2,1H3,(H,14,16);1-6H,7,13H2,(H,15,17)(H,16,18). The van der Waals surface area contributed by atoms with Crippen LogP contribution in [0.3, 0.4) is 0 Å². The lowest BCUT2D eigenvalue weighted by Crippen LogP contribution is -2.29. The van der Waals surface area contributed by atoms with Gasteiger partial charge in [0, 0.05) is 37.6 Å². The first kappa shape index (κ1) is 28.9. The summed E-state index contributed by atoms with van der Waals surface area (Å²) in [6.45, 7) is 0.725. The fraction of sp³-hybridized carbons (Fsp3) is 0.120. The molecule has 0 aliphatic heterocycles. The van der Waals surface area contributed by atoms with Crippen LogP contribution >= 0.6 is 22.7 Å². The minimum absolute atomic E-state index is 0.224. The van der Waals surface area contributed by atoms with Crippen molar-refractivity contribution in [3.63, 3.8) is 0 Å². The lowest BCUT2D eigenvalue weighted by atomic mass is 10.2. The number of aromatic nitrogens is 2. The zero-order valence-corrected chi connectivity index (χ0v) is 22.2. The number of rotatable bonds is 8. The largest absolute Gasteiger partial charge is 0.619 e. The lowest BCUT2D eigenvalue weighted by molar-refractivity contribution is -0.605. The second-order valence-electron chi connectivity index (χ2n) is 7.58. The van der Waals surface area contributed by atoms with Crippen molar-refractivity contribution in [3.8, 4) is 0 Å². The van der Waals surface area contributed by atoms with Gasteiger partial charge in [-0.2, -0.15) is 4.73 Å². The summed E-state index contributed by atoms with van der Waals surface area (Å²) in [4.78, 5) is 51.9. The van der Waals surface area contributed by atoms with Gasteiger partial charge in [-0.05, 0) is 47.5 Å². The molecule has 0 unspecified atom stereocenters. The number of nitrogen functional groups attached to an aromatic ring is 1. The van der Waals surface area contributed by atoms with Gasteiger partial charge in [0.05, 0.1) is 21.7 Å². The molecule has 0 radical (unpaired) electrons. The van der Waals surface area contributed by atoms with Crippen LogP contribution in [0, 0.1) is 5.21 Å². The van der Waals surface area contributed by atoms with E-state index in [1.54, 1.807) is 48.8 Å². The van der Waals surface area contributed by atoms with Gasteiger partial charge >= 0.3 is 5.97 Å². The number of hydrogen-bond acceptors (Lipinski definition) is 10. The predicted octanol–water partition coefficient (Wildman–Crippen LogP) is 1.77. The highest BCUT2D eigenvalue weighted by Crippen LogP contribution is 2.18. The molecule has 0 atom stereocenters. The smallest absolute Gasteiger partial charge is 0.348 e. The minimum Gasteiger partial charge on any atom is -0.619 e. The van der Waals surface area contributed by atoms with E-state index in [0.717, 1.165) is 33.8 Å². The normalized spacial score (nSPS) is 10.0. The van der Waals surface area contributed by atoms with Gasteiger partial charge in [0.15, 0.2) is 12.4 Å². The molecule has 0 aliphatic rings. The fourth-order valence-corrected chi connectivity index (χ4v) is 4.59. The topological polar surface area (TPSA) is 179 Å². The molecule has 39 heavy (non-hydrogen) atoms. The van der Waals surface area contributed by atoms with Crippen molar-refractivity contribution in [2.75, 3.05) is 7.11 Å². The maximum atomic E-state index is 11.9. The second kappa shape index (κ2) is 14.3. The molecular formula is C25H24N6O6S2. The molecule has 12 nitrogen and oxygen atoms in total. The molecule has 4 rings (SSSR count). The van der Waals surface area contributed by atoms with Gasteiger partial charge in [0.2, 0.25) is 0 Å². The molecule has 0 fully saturated rings. The number of pyridine rings is 2. The summed E-state index contributed by atoms with van der Waals surface area (Å²) in [6.07, 6.45) is 6.05. The highest BCUT2D eigenvalue weighted by atomic mass is 32.1.